The third kappa shape index (κ3) is 4.38. The third-order valence-corrected chi connectivity index (χ3v) is 4.36. The van der Waals surface area contributed by atoms with Gasteiger partial charge in [-0.15, -0.1) is 0 Å². The molecule has 0 aromatic heterocycles. The van der Waals surface area contributed by atoms with Gasteiger partial charge >= 0.3 is 0 Å². The highest BCUT2D eigenvalue weighted by Crippen LogP contribution is 2.26. The van der Waals surface area contributed by atoms with Gasteiger partial charge in [-0.25, -0.2) is 4.39 Å². The van der Waals surface area contributed by atoms with Gasteiger partial charge < -0.3 is 4.74 Å². The predicted molar refractivity (Wildman–Crippen MR) is 105 cm³/mol. The van der Waals surface area contributed by atoms with E-state index in [1.165, 1.54) is 6.07 Å². The zero-order valence-electron chi connectivity index (χ0n) is 13.8. The number of hydrogen-bond donors (Lipinski definition) is 0. The van der Waals surface area contributed by atoms with Crippen molar-refractivity contribution in [3.63, 3.8) is 0 Å². The van der Waals surface area contributed by atoms with Crippen LogP contribution in [0.25, 0.3) is 11.6 Å². The van der Waals surface area contributed by atoms with E-state index in [-0.39, 0.29) is 12.4 Å². The minimum atomic E-state index is -0.298. The Bertz CT molecular complexity index is 974. The topological polar surface area (TPSA) is 33.0 Å². The van der Waals surface area contributed by atoms with Crippen LogP contribution >= 0.6 is 15.9 Å². The van der Waals surface area contributed by atoms with Gasteiger partial charge in [0.1, 0.15) is 18.2 Å². The molecule has 26 heavy (non-hydrogen) atoms. The molecule has 0 amide bonds. The van der Waals surface area contributed by atoms with E-state index in [2.05, 4.69) is 22.0 Å². The van der Waals surface area contributed by atoms with Crippen LogP contribution < -0.4 is 4.74 Å². The number of allylic oxidation sites excluding steroid dienone is 1. The molecular formula is C22H15BrFNO. The van der Waals surface area contributed by atoms with E-state index in [0.29, 0.717) is 16.9 Å². The van der Waals surface area contributed by atoms with Crippen molar-refractivity contribution in [1.29, 1.82) is 5.26 Å². The zero-order valence-corrected chi connectivity index (χ0v) is 15.4. The quantitative estimate of drug-likeness (QED) is 0.370. The van der Waals surface area contributed by atoms with Crippen LogP contribution in [-0.4, -0.2) is 0 Å². The number of hydrogen-bond acceptors (Lipinski definition) is 2. The van der Waals surface area contributed by atoms with Gasteiger partial charge in [0, 0.05) is 15.6 Å². The number of benzene rings is 3. The van der Waals surface area contributed by atoms with Crippen molar-refractivity contribution in [2.24, 2.45) is 0 Å². The van der Waals surface area contributed by atoms with Crippen LogP contribution in [0.1, 0.15) is 16.7 Å². The van der Waals surface area contributed by atoms with E-state index < -0.39 is 0 Å². The van der Waals surface area contributed by atoms with Crippen molar-refractivity contribution in [3.8, 4) is 11.8 Å². The minimum absolute atomic E-state index is 0.123. The Morgan fingerprint density at radius 1 is 1.00 bits per heavy atom. The first-order valence-electron chi connectivity index (χ1n) is 8.00. The Morgan fingerprint density at radius 2 is 1.69 bits per heavy atom. The SMILES string of the molecule is N#C/C(=C\c1ccccc1OCc1ccccc1F)c1ccc(Br)cc1. The molecule has 0 unspecified atom stereocenters. The number of nitriles is 1. The fourth-order valence-corrected chi connectivity index (χ4v) is 2.73. The Hall–Kier alpha value is -2.90. The summed E-state index contributed by atoms with van der Waals surface area (Å²) < 4.78 is 20.5. The Labute approximate surface area is 160 Å². The van der Waals surface area contributed by atoms with E-state index >= 15 is 0 Å². The van der Waals surface area contributed by atoms with E-state index in [4.69, 9.17) is 4.74 Å². The molecule has 0 aliphatic rings. The molecule has 0 aliphatic heterocycles. The molecule has 3 rings (SSSR count). The number of nitrogens with zero attached hydrogens (tertiary/aromatic N) is 1. The lowest BCUT2D eigenvalue weighted by molar-refractivity contribution is 0.299. The fraction of sp³-hybridized carbons (Fsp3) is 0.0455. The van der Waals surface area contributed by atoms with E-state index in [1.54, 1.807) is 24.3 Å². The van der Waals surface area contributed by atoms with Crippen molar-refractivity contribution < 1.29 is 9.13 Å². The summed E-state index contributed by atoms with van der Waals surface area (Å²) in [7, 11) is 0. The maximum Gasteiger partial charge on any atom is 0.129 e. The maximum atomic E-state index is 13.8. The Balaban J connectivity index is 1.87. The standard InChI is InChI=1S/C22H15BrFNO/c23-20-11-9-16(10-12-20)19(14-25)13-17-5-2-4-8-22(17)26-15-18-6-1-3-7-21(18)24/h1-13H,15H2/b19-13+. The van der Waals surface area contributed by atoms with Crippen LogP contribution in [0.15, 0.2) is 77.3 Å². The highest BCUT2D eigenvalue weighted by Gasteiger charge is 2.07. The second-order valence-corrected chi connectivity index (χ2v) is 6.51. The molecular weight excluding hydrogens is 393 g/mol. The summed E-state index contributed by atoms with van der Waals surface area (Å²) in [6.45, 7) is 0.123. The molecule has 0 bridgehead atoms. The van der Waals surface area contributed by atoms with Crippen molar-refractivity contribution in [3.05, 3.63) is 99.8 Å². The van der Waals surface area contributed by atoms with Crippen LogP contribution in [0, 0.1) is 17.1 Å². The molecule has 0 aliphatic carbocycles. The van der Waals surface area contributed by atoms with Gasteiger partial charge in [0.15, 0.2) is 0 Å². The molecule has 0 N–H and O–H groups in total. The molecule has 0 atom stereocenters. The van der Waals surface area contributed by atoms with Crippen molar-refractivity contribution in [1.82, 2.24) is 0 Å². The minimum Gasteiger partial charge on any atom is -0.488 e. The fourth-order valence-electron chi connectivity index (χ4n) is 2.47. The van der Waals surface area contributed by atoms with Crippen molar-refractivity contribution in [2.75, 3.05) is 0 Å². The molecule has 128 valence electrons. The maximum absolute atomic E-state index is 13.8. The highest BCUT2D eigenvalue weighted by molar-refractivity contribution is 9.10. The van der Waals surface area contributed by atoms with Gasteiger partial charge in [-0.3, -0.25) is 0 Å². The van der Waals surface area contributed by atoms with Gasteiger partial charge in [-0.05, 0) is 35.9 Å². The molecule has 2 nitrogen and oxygen atoms in total. The number of rotatable bonds is 5. The van der Waals surface area contributed by atoms with Crippen LogP contribution in [0.5, 0.6) is 5.75 Å². The first-order chi connectivity index (χ1) is 12.7. The first-order valence-corrected chi connectivity index (χ1v) is 8.79. The lowest BCUT2D eigenvalue weighted by Crippen LogP contribution is -1.99. The molecule has 0 radical (unpaired) electrons. The van der Waals surface area contributed by atoms with Gasteiger partial charge in [0.25, 0.3) is 0 Å². The average molecular weight is 408 g/mol. The molecule has 0 heterocycles. The number of para-hydroxylation sites is 1. The van der Waals surface area contributed by atoms with Crippen molar-refractivity contribution in [2.45, 2.75) is 6.61 Å². The summed E-state index contributed by atoms with van der Waals surface area (Å²) in [5.41, 5.74) is 2.60. The second-order valence-electron chi connectivity index (χ2n) is 5.59. The molecule has 3 aromatic rings. The molecule has 0 spiro atoms. The van der Waals surface area contributed by atoms with Gasteiger partial charge in [0.05, 0.1) is 11.6 Å². The van der Waals surface area contributed by atoms with E-state index in [9.17, 15) is 9.65 Å². The lowest BCUT2D eigenvalue weighted by Gasteiger charge is -2.10. The molecule has 0 saturated carbocycles. The van der Waals surface area contributed by atoms with Gasteiger partial charge in [-0.1, -0.05) is 64.5 Å². The summed E-state index contributed by atoms with van der Waals surface area (Å²) in [5, 5.41) is 9.52. The Morgan fingerprint density at radius 3 is 2.42 bits per heavy atom. The summed E-state index contributed by atoms with van der Waals surface area (Å²) in [4.78, 5) is 0. The average Bonchev–Trinajstić information content (AvgIpc) is 2.67. The van der Waals surface area contributed by atoms with Gasteiger partial charge in [0.2, 0.25) is 0 Å². The monoisotopic (exact) mass is 407 g/mol. The molecule has 0 fully saturated rings. The van der Waals surface area contributed by atoms with Crippen molar-refractivity contribution >= 4 is 27.6 Å². The normalized spacial score (nSPS) is 11.0. The molecule has 3 aromatic carbocycles. The second kappa shape index (κ2) is 8.46. The van der Waals surface area contributed by atoms with Crippen LogP contribution in [-0.2, 0) is 6.61 Å². The summed E-state index contributed by atoms with van der Waals surface area (Å²) in [5.74, 6) is 0.300. The van der Waals surface area contributed by atoms with Crippen LogP contribution in [0.2, 0.25) is 0 Å². The first kappa shape index (κ1) is 17.9. The number of halogens is 2. The smallest absolute Gasteiger partial charge is 0.129 e. The summed E-state index contributed by atoms with van der Waals surface area (Å²) in [6, 6.07) is 23.7. The highest BCUT2D eigenvalue weighted by atomic mass is 79.9. The zero-order chi connectivity index (χ0) is 18.4. The molecule has 4 heteroatoms. The van der Waals surface area contributed by atoms with Gasteiger partial charge in [-0.2, -0.15) is 5.26 Å². The molecule has 0 saturated heterocycles. The summed E-state index contributed by atoms with van der Waals surface area (Å²) in [6.07, 6.45) is 1.78. The largest absolute Gasteiger partial charge is 0.488 e. The summed E-state index contributed by atoms with van der Waals surface area (Å²) >= 11 is 3.39. The van der Waals surface area contributed by atoms with Crippen LogP contribution in [0.3, 0.4) is 0 Å². The number of ether oxygens (including phenoxy) is 1. The van der Waals surface area contributed by atoms with Crippen LogP contribution in [0.4, 0.5) is 4.39 Å². The third-order valence-electron chi connectivity index (χ3n) is 3.84. The Kier molecular flexibility index (Phi) is 5.83. The van der Waals surface area contributed by atoms with E-state index in [0.717, 1.165) is 15.6 Å². The van der Waals surface area contributed by atoms with E-state index in [1.807, 2.05) is 48.5 Å². The predicted octanol–water partition coefficient (Wildman–Crippen LogP) is 6.23. The lowest BCUT2D eigenvalue weighted by atomic mass is 10.0.